The van der Waals surface area contributed by atoms with E-state index in [1.807, 2.05) is 42.5 Å². The first-order chi connectivity index (χ1) is 17.0. The maximum absolute atomic E-state index is 12.7. The van der Waals surface area contributed by atoms with Crippen LogP contribution < -0.4 is 10.1 Å². The number of fused-ring (bicyclic) bond motifs is 1. The number of hydrogen-bond donors (Lipinski definition) is 1. The van der Waals surface area contributed by atoms with Crippen LogP contribution in [-0.4, -0.2) is 44.9 Å². The predicted molar refractivity (Wildman–Crippen MR) is 131 cm³/mol. The lowest BCUT2D eigenvalue weighted by atomic mass is 10.1. The summed E-state index contributed by atoms with van der Waals surface area (Å²) in [4.78, 5) is 12.8. The molecule has 1 aromatic heterocycles. The van der Waals surface area contributed by atoms with Gasteiger partial charge in [-0.15, -0.1) is 0 Å². The quantitative estimate of drug-likeness (QED) is 0.413. The molecule has 1 saturated heterocycles. The molecule has 0 unspecified atom stereocenters. The first kappa shape index (κ1) is 23.1. The van der Waals surface area contributed by atoms with Crippen LogP contribution >= 0.6 is 0 Å². The fourth-order valence-corrected chi connectivity index (χ4v) is 5.24. The van der Waals surface area contributed by atoms with Crippen LogP contribution in [0, 0.1) is 0 Å². The van der Waals surface area contributed by atoms with Gasteiger partial charge in [-0.1, -0.05) is 30.3 Å². The number of rotatable bonds is 7. The molecular weight excluding hydrogens is 468 g/mol. The number of hydrogen-bond acceptors (Lipinski definition) is 6. The number of ether oxygens (including phenoxy) is 2. The van der Waals surface area contributed by atoms with E-state index in [2.05, 4.69) is 5.32 Å². The van der Waals surface area contributed by atoms with E-state index >= 15 is 0 Å². The molecular formula is C26H24N2O6S. The third-order valence-electron chi connectivity index (χ3n) is 5.71. The second-order valence-corrected chi connectivity index (χ2v) is 10.00. The number of amides is 1. The van der Waals surface area contributed by atoms with Gasteiger partial charge >= 0.3 is 0 Å². The van der Waals surface area contributed by atoms with Gasteiger partial charge in [-0.2, -0.15) is 4.31 Å². The SMILES string of the molecule is O=C(Nc1ccc(S(=O)(=O)N2CCOCC2)cc1)c1ccc(COc2ccc3ccccc3c2)o1. The van der Waals surface area contributed by atoms with Gasteiger partial charge < -0.3 is 19.2 Å². The molecule has 3 aromatic carbocycles. The van der Waals surface area contributed by atoms with Crippen molar-refractivity contribution in [1.29, 1.82) is 0 Å². The molecule has 0 aliphatic carbocycles. The molecule has 1 amide bonds. The second kappa shape index (κ2) is 9.91. The molecule has 0 saturated carbocycles. The third kappa shape index (κ3) is 5.22. The first-order valence-electron chi connectivity index (χ1n) is 11.2. The maximum Gasteiger partial charge on any atom is 0.291 e. The minimum Gasteiger partial charge on any atom is -0.486 e. The molecule has 1 fully saturated rings. The Labute approximate surface area is 203 Å². The highest BCUT2D eigenvalue weighted by Crippen LogP contribution is 2.23. The fraction of sp³-hybridized carbons (Fsp3) is 0.192. The number of morpholine rings is 1. The minimum absolute atomic E-state index is 0.132. The van der Waals surface area contributed by atoms with Crippen LogP contribution in [-0.2, 0) is 21.4 Å². The van der Waals surface area contributed by atoms with Crippen LogP contribution in [0.2, 0.25) is 0 Å². The van der Waals surface area contributed by atoms with E-state index in [1.165, 1.54) is 16.4 Å². The molecule has 0 bridgehead atoms. The van der Waals surface area contributed by atoms with Crippen molar-refractivity contribution in [3.63, 3.8) is 0 Å². The normalized spacial score (nSPS) is 14.6. The molecule has 0 spiro atoms. The maximum atomic E-state index is 12.7. The van der Waals surface area contributed by atoms with Crippen molar-refractivity contribution in [3.8, 4) is 5.75 Å². The third-order valence-corrected chi connectivity index (χ3v) is 7.62. The standard InChI is InChI=1S/C26H24N2O6S/c29-26(27-21-6-10-24(11-7-21)35(30,31)28-13-15-32-16-14-28)25-12-9-23(34-25)18-33-22-8-5-19-3-1-2-4-20(19)17-22/h1-12,17H,13-16,18H2,(H,27,29). The van der Waals surface area contributed by atoms with Crippen LogP contribution in [0.25, 0.3) is 10.8 Å². The van der Waals surface area contributed by atoms with Gasteiger partial charge in [0, 0.05) is 18.8 Å². The monoisotopic (exact) mass is 492 g/mol. The topological polar surface area (TPSA) is 98.1 Å². The minimum atomic E-state index is -3.59. The van der Waals surface area contributed by atoms with Crippen molar-refractivity contribution >= 4 is 32.4 Å². The fourth-order valence-electron chi connectivity index (χ4n) is 3.83. The van der Waals surface area contributed by atoms with E-state index < -0.39 is 15.9 Å². The molecule has 2 heterocycles. The van der Waals surface area contributed by atoms with E-state index in [-0.39, 0.29) is 17.3 Å². The van der Waals surface area contributed by atoms with Gasteiger partial charge in [0.25, 0.3) is 5.91 Å². The van der Waals surface area contributed by atoms with Crippen LogP contribution in [0.5, 0.6) is 5.75 Å². The lowest BCUT2D eigenvalue weighted by molar-refractivity contribution is 0.0730. The largest absolute Gasteiger partial charge is 0.486 e. The number of furan rings is 1. The van der Waals surface area contributed by atoms with E-state index in [0.29, 0.717) is 43.5 Å². The molecule has 1 aliphatic rings. The average molecular weight is 493 g/mol. The van der Waals surface area contributed by atoms with Gasteiger partial charge in [0.2, 0.25) is 10.0 Å². The first-order valence-corrected chi connectivity index (χ1v) is 12.6. The number of carbonyl (C=O) groups is 1. The van der Waals surface area contributed by atoms with Crippen LogP contribution in [0.1, 0.15) is 16.3 Å². The van der Waals surface area contributed by atoms with E-state index in [1.54, 1.807) is 24.3 Å². The van der Waals surface area contributed by atoms with Gasteiger partial charge in [-0.3, -0.25) is 4.79 Å². The summed E-state index contributed by atoms with van der Waals surface area (Å²) in [6.45, 7) is 1.59. The van der Waals surface area contributed by atoms with Crippen molar-refractivity contribution in [2.75, 3.05) is 31.6 Å². The number of carbonyl (C=O) groups excluding carboxylic acids is 1. The predicted octanol–water partition coefficient (Wildman–Crippen LogP) is 4.29. The molecule has 4 aromatic rings. The van der Waals surface area contributed by atoms with Crippen molar-refractivity contribution < 1.29 is 27.1 Å². The molecule has 8 nitrogen and oxygen atoms in total. The summed E-state index contributed by atoms with van der Waals surface area (Å²) in [5, 5.41) is 4.93. The van der Waals surface area contributed by atoms with Gasteiger partial charge in [-0.25, -0.2) is 8.42 Å². The van der Waals surface area contributed by atoms with E-state index in [9.17, 15) is 13.2 Å². The summed E-state index contributed by atoms with van der Waals surface area (Å²) in [5.41, 5.74) is 0.460. The lowest BCUT2D eigenvalue weighted by Gasteiger charge is -2.26. The molecule has 1 N–H and O–H groups in total. The van der Waals surface area contributed by atoms with Gasteiger partial charge in [0.1, 0.15) is 18.1 Å². The Morgan fingerprint density at radius 1 is 0.914 bits per heavy atom. The average Bonchev–Trinajstić information content (AvgIpc) is 3.38. The van der Waals surface area contributed by atoms with Crippen molar-refractivity contribution in [2.45, 2.75) is 11.5 Å². The molecule has 0 radical (unpaired) electrons. The van der Waals surface area contributed by atoms with Gasteiger partial charge in [0.15, 0.2) is 5.76 Å². The Bertz CT molecular complexity index is 1440. The summed E-state index contributed by atoms with van der Waals surface area (Å²) in [5.74, 6) is 0.909. The summed E-state index contributed by atoms with van der Waals surface area (Å²) >= 11 is 0. The number of benzene rings is 3. The lowest BCUT2D eigenvalue weighted by Crippen LogP contribution is -2.40. The van der Waals surface area contributed by atoms with Crippen LogP contribution in [0.15, 0.2) is 88.2 Å². The number of sulfonamides is 1. The Kier molecular flexibility index (Phi) is 6.54. The molecule has 0 atom stereocenters. The van der Waals surface area contributed by atoms with Crippen molar-refractivity contribution in [3.05, 3.63) is 90.4 Å². The Morgan fingerprint density at radius 3 is 2.43 bits per heavy atom. The van der Waals surface area contributed by atoms with Crippen molar-refractivity contribution in [2.24, 2.45) is 0 Å². The number of nitrogens with zero attached hydrogens (tertiary/aromatic N) is 1. The van der Waals surface area contributed by atoms with Gasteiger partial charge in [0.05, 0.1) is 18.1 Å². The summed E-state index contributed by atoms with van der Waals surface area (Å²) in [7, 11) is -3.59. The zero-order valence-electron chi connectivity index (χ0n) is 18.8. The van der Waals surface area contributed by atoms with Gasteiger partial charge in [-0.05, 0) is 59.3 Å². The van der Waals surface area contributed by atoms with Crippen molar-refractivity contribution in [1.82, 2.24) is 4.31 Å². The van der Waals surface area contributed by atoms with E-state index in [0.717, 1.165) is 10.8 Å². The highest BCUT2D eigenvalue weighted by atomic mass is 32.2. The zero-order valence-corrected chi connectivity index (χ0v) is 19.7. The van der Waals surface area contributed by atoms with Crippen LogP contribution in [0.3, 0.4) is 0 Å². The molecule has 9 heteroatoms. The Hall–Kier alpha value is -3.66. The highest BCUT2D eigenvalue weighted by Gasteiger charge is 2.26. The zero-order chi connectivity index (χ0) is 24.3. The van der Waals surface area contributed by atoms with E-state index in [4.69, 9.17) is 13.9 Å². The highest BCUT2D eigenvalue weighted by molar-refractivity contribution is 7.89. The molecule has 35 heavy (non-hydrogen) atoms. The van der Waals surface area contributed by atoms with Crippen LogP contribution in [0.4, 0.5) is 5.69 Å². The summed E-state index contributed by atoms with van der Waals surface area (Å²) in [6.07, 6.45) is 0. The summed E-state index contributed by atoms with van der Waals surface area (Å²) < 4.78 is 43.5. The molecule has 5 rings (SSSR count). The molecule has 180 valence electrons. The molecule has 1 aliphatic heterocycles. The smallest absolute Gasteiger partial charge is 0.291 e. The second-order valence-electron chi connectivity index (χ2n) is 8.06. The Morgan fingerprint density at radius 2 is 1.66 bits per heavy atom. The summed E-state index contributed by atoms with van der Waals surface area (Å²) in [6, 6.07) is 23.2. The number of anilines is 1. The Balaban J connectivity index is 1.19. The number of nitrogens with one attached hydrogen (secondary N) is 1.